The first-order chi connectivity index (χ1) is 8.91. The van der Waals surface area contributed by atoms with Crippen molar-refractivity contribution in [3.05, 3.63) is 34.2 Å². The Kier molecular flexibility index (Phi) is 2.61. The molecule has 2 heterocycles. The van der Waals surface area contributed by atoms with E-state index in [2.05, 4.69) is 6.92 Å². The molecule has 1 aromatic carbocycles. The van der Waals surface area contributed by atoms with Crippen LogP contribution in [0.2, 0.25) is 5.02 Å². The molecule has 19 heavy (non-hydrogen) atoms. The van der Waals surface area contributed by atoms with Crippen LogP contribution in [0.5, 0.6) is 0 Å². The number of nitrogens with zero attached hydrogens (tertiary/aromatic N) is 2. The lowest BCUT2D eigenvalue weighted by Crippen LogP contribution is -2.28. The second kappa shape index (κ2) is 3.97. The number of rotatable bonds is 0. The van der Waals surface area contributed by atoms with E-state index in [-0.39, 0.29) is 16.8 Å². The number of carbonyl (C=O) groups is 1. The molecule has 1 aliphatic rings. The summed E-state index contributed by atoms with van der Waals surface area (Å²) in [5.74, 6) is -0.508. The second-order valence-corrected chi connectivity index (χ2v) is 5.60. The van der Waals surface area contributed by atoms with Crippen LogP contribution in [-0.4, -0.2) is 29.0 Å². The molecule has 0 saturated heterocycles. The van der Waals surface area contributed by atoms with Gasteiger partial charge in [-0.2, -0.15) is 0 Å². The van der Waals surface area contributed by atoms with Crippen molar-refractivity contribution in [2.75, 3.05) is 13.6 Å². The van der Waals surface area contributed by atoms with E-state index in [4.69, 9.17) is 11.6 Å². The average molecular weight is 281 g/mol. The van der Waals surface area contributed by atoms with E-state index in [0.29, 0.717) is 17.6 Å². The van der Waals surface area contributed by atoms with Crippen LogP contribution in [-0.2, 0) is 7.05 Å². The molecule has 0 aliphatic carbocycles. The van der Waals surface area contributed by atoms with Crippen molar-refractivity contribution < 1.29 is 9.18 Å². The predicted octanol–water partition coefficient (Wildman–Crippen LogP) is 3.16. The van der Waals surface area contributed by atoms with E-state index in [1.54, 1.807) is 16.5 Å². The number of aromatic nitrogens is 1. The normalized spacial score (nSPS) is 19.1. The third kappa shape index (κ3) is 1.59. The molecule has 1 atom stereocenters. The summed E-state index contributed by atoms with van der Waals surface area (Å²) in [5.41, 5.74) is 2.05. The summed E-state index contributed by atoms with van der Waals surface area (Å²) in [6.45, 7) is 2.68. The van der Waals surface area contributed by atoms with Crippen molar-refractivity contribution in [2.24, 2.45) is 7.05 Å². The largest absolute Gasteiger partial charge is 0.349 e. The van der Waals surface area contributed by atoms with Crippen LogP contribution in [0, 0.1) is 5.82 Å². The standard InChI is InChI=1S/C14H14ClFN2O/c1-7-5-18(3)14(19)8-4-10(16)12(15)13-11(8)9(7)6-17(13)2/h4,6-7H,5H2,1-3H3. The highest BCUT2D eigenvalue weighted by molar-refractivity contribution is 6.36. The zero-order valence-corrected chi connectivity index (χ0v) is 11.8. The van der Waals surface area contributed by atoms with Crippen LogP contribution in [0.3, 0.4) is 0 Å². The smallest absolute Gasteiger partial charge is 0.254 e. The molecular weight excluding hydrogens is 267 g/mol. The van der Waals surface area contributed by atoms with Gasteiger partial charge < -0.3 is 9.47 Å². The molecular formula is C14H14ClFN2O. The molecule has 1 aromatic heterocycles. The van der Waals surface area contributed by atoms with Crippen molar-refractivity contribution >= 4 is 28.4 Å². The van der Waals surface area contributed by atoms with E-state index in [0.717, 1.165) is 10.9 Å². The van der Waals surface area contributed by atoms with Gasteiger partial charge in [0.15, 0.2) is 0 Å². The fourth-order valence-electron chi connectivity index (χ4n) is 2.91. The molecule has 0 saturated carbocycles. The third-order valence-corrected chi connectivity index (χ3v) is 4.18. The third-order valence-electron chi connectivity index (χ3n) is 3.82. The number of benzene rings is 1. The van der Waals surface area contributed by atoms with E-state index in [1.165, 1.54) is 6.07 Å². The van der Waals surface area contributed by atoms with Gasteiger partial charge in [-0.15, -0.1) is 0 Å². The Balaban J connectivity index is 2.50. The number of halogens is 2. The van der Waals surface area contributed by atoms with Crippen LogP contribution >= 0.6 is 11.6 Å². The van der Waals surface area contributed by atoms with Crippen LogP contribution in [0.25, 0.3) is 10.9 Å². The van der Waals surface area contributed by atoms with Gasteiger partial charge in [-0.1, -0.05) is 18.5 Å². The Morgan fingerprint density at radius 2 is 2.11 bits per heavy atom. The molecule has 3 rings (SSSR count). The minimum Gasteiger partial charge on any atom is -0.349 e. The molecule has 0 bridgehead atoms. The van der Waals surface area contributed by atoms with Gasteiger partial charge in [0, 0.05) is 38.1 Å². The summed E-state index contributed by atoms with van der Waals surface area (Å²) in [4.78, 5) is 14.0. The number of likely N-dealkylation sites (N-methyl/N-ethyl adjacent to an activating group) is 1. The van der Waals surface area contributed by atoms with Gasteiger partial charge in [0.25, 0.3) is 5.91 Å². The van der Waals surface area contributed by atoms with Crippen molar-refractivity contribution in [3.8, 4) is 0 Å². The molecule has 1 aliphatic heterocycles. The van der Waals surface area contributed by atoms with Crippen LogP contribution < -0.4 is 0 Å². The number of carbonyl (C=O) groups excluding carboxylic acids is 1. The predicted molar refractivity (Wildman–Crippen MR) is 73.3 cm³/mol. The van der Waals surface area contributed by atoms with Gasteiger partial charge >= 0.3 is 0 Å². The number of amides is 1. The fourth-order valence-corrected chi connectivity index (χ4v) is 3.20. The summed E-state index contributed by atoms with van der Waals surface area (Å²) in [5, 5.41) is 0.868. The lowest BCUT2D eigenvalue weighted by Gasteiger charge is -2.18. The summed E-state index contributed by atoms with van der Waals surface area (Å²) in [6.07, 6.45) is 1.94. The first-order valence-electron chi connectivity index (χ1n) is 6.14. The lowest BCUT2D eigenvalue weighted by molar-refractivity contribution is 0.0793. The van der Waals surface area contributed by atoms with Crippen LogP contribution in [0.4, 0.5) is 4.39 Å². The molecule has 5 heteroatoms. The summed E-state index contributed by atoms with van der Waals surface area (Å²) in [7, 11) is 3.56. The minimum absolute atomic E-state index is 0.0806. The fraction of sp³-hybridized carbons (Fsp3) is 0.357. The van der Waals surface area contributed by atoms with Crippen molar-refractivity contribution in [3.63, 3.8) is 0 Å². The van der Waals surface area contributed by atoms with Crippen LogP contribution in [0.1, 0.15) is 28.8 Å². The van der Waals surface area contributed by atoms with E-state index in [9.17, 15) is 9.18 Å². The molecule has 1 unspecified atom stereocenters. The maximum absolute atomic E-state index is 13.9. The molecule has 2 aromatic rings. The van der Waals surface area contributed by atoms with Gasteiger partial charge in [0.1, 0.15) is 10.8 Å². The first-order valence-corrected chi connectivity index (χ1v) is 6.52. The summed E-state index contributed by atoms with van der Waals surface area (Å²) < 4.78 is 15.7. The minimum atomic E-state index is -0.548. The Morgan fingerprint density at radius 3 is 2.79 bits per heavy atom. The monoisotopic (exact) mass is 280 g/mol. The average Bonchev–Trinajstić information content (AvgIpc) is 2.67. The zero-order chi connectivity index (χ0) is 13.9. The highest BCUT2D eigenvalue weighted by Gasteiger charge is 2.29. The first kappa shape index (κ1) is 12.5. The molecule has 0 fully saturated rings. The molecule has 0 spiro atoms. The Hall–Kier alpha value is -1.55. The molecule has 0 N–H and O–H groups in total. The maximum Gasteiger partial charge on any atom is 0.254 e. The summed E-state index contributed by atoms with van der Waals surface area (Å²) >= 11 is 6.06. The van der Waals surface area contributed by atoms with Gasteiger partial charge in [-0.05, 0) is 11.6 Å². The second-order valence-electron chi connectivity index (χ2n) is 5.23. The quantitative estimate of drug-likeness (QED) is 0.728. The number of aryl methyl sites for hydroxylation is 1. The van der Waals surface area contributed by atoms with Gasteiger partial charge in [-0.3, -0.25) is 4.79 Å². The van der Waals surface area contributed by atoms with Crippen LogP contribution in [0.15, 0.2) is 12.3 Å². The van der Waals surface area contributed by atoms with Gasteiger partial charge in [0.2, 0.25) is 0 Å². The maximum atomic E-state index is 13.9. The van der Waals surface area contributed by atoms with Crippen molar-refractivity contribution in [1.82, 2.24) is 9.47 Å². The van der Waals surface area contributed by atoms with E-state index < -0.39 is 5.82 Å². The number of hydrogen-bond acceptors (Lipinski definition) is 1. The lowest BCUT2D eigenvalue weighted by atomic mass is 9.99. The summed E-state index contributed by atoms with van der Waals surface area (Å²) in [6, 6.07) is 1.25. The van der Waals surface area contributed by atoms with Gasteiger partial charge in [-0.25, -0.2) is 4.39 Å². The highest BCUT2D eigenvalue weighted by Crippen LogP contribution is 2.38. The Bertz CT molecular complexity index is 707. The van der Waals surface area contributed by atoms with Gasteiger partial charge in [0.05, 0.1) is 11.1 Å². The van der Waals surface area contributed by atoms with E-state index >= 15 is 0 Å². The number of hydrogen-bond donors (Lipinski definition) is 0. The Morgan fingerprint density at radius 1 is 1.42 bits per heavy atom. The molecule has 0 radical (unpaired) electrons. The highest BCUT2D eigenvalue weighted by atomic mass is 35.5. The molecule has 3 nitrogen and oxygen atoms in total. The topological polar surface area (TPSA) is 25.2 Å². The van der Waals surface area contributed by atoms with Crippen molar-refractivity contribution in [2.45, 2.75) is 12.8 Å². The SMILES string of the molecule is CC1CN(C)C(=O)c2cc(F)c(Cl)c3c2c1cn3C. The zero-order valence-electron chi connectivity index (χ0n) is 11.0. The van der Waals surface area contributed by atoms with Crippen molar-refractivity contribution in [1.29, 1.82) is 0 Å². The molecule has 100 valence electrons. The van der Waals surface area contributed by atoms with E-state index in [1.807, 2.05) is 13.2 Å². The Labute approximate surface area is 115 Å². The molecule has 1 amide bonds.